The number of furan rings is 1. The van der Waals surface area contributed by atoms with E-state index >= 15 is 0 Å². The molecule has 6 nitrogen and oxygen atoms in total. The molecular weight excluding hydrogens is 374 g/mol. The van der Waals surface area contributed by atoms with Gasteiger partial charge < -0.3 is 14.5 Å². The SMILES string of the molecule is CCc1ccc(NC(=S)NNC(=O)c2ccc(COc3ccccc3)o2)cc1. The number of hydrogen-bond acceptors (Lipinski definition) is 4. The van der Waals surface area contributed by atoms with Crippen molar-refractivity contribution in [3.63, 3.8) is 0 Å². The number of amides is 1. The average molecular weight is 395 g/mol. The monoisotopic (exact) mass is 395 g/mol. The van der Waals surface area contributed by atoms with Gasteiger partial charge in [-0.25, -0.2) is 0 Å². The van der Waals surface area contributed by atoms with E-state index < -0.39 is 5.91 Å². The fraction of sp³-hybridized carbons (Fsp3) is 0.143. The van der Waals surface area contributed by atoms with E-state index in [0.717, 1.165) is 17.9 Å². The molecule has 0 spiro atoms. The molecule has 0 aliphatic carbocycles. The van der Waals surface area contributed by atoms with Crippen molar-refractivity contribution < 1.29 is 13.9 Å². The molecule has 0 fully saturated rings. The van der Waals surface area contributed by atoms with Gasteiger partial charge in [0.15, 0.2) is 10.9 Å². The van der Waals surface area contributed by atoms with Gasteiger partial charge in [0.2, 0.25) is 0 Å². The minimum absolute atomic E-state index is 0.161. The summed E-state index contributed by atoms with van der Waals surface area (Å²) in [6, 6.07) is 20.6. The number of para-hydroxylation sites is 1. The minimum Gasteiger partial charge on any atom is -0.486 e. The van der Waals surface area contributed by atoms with Gasteiger partial charge in [-0.1, -0.05) is 37.3 Å². The predicted molar refractivity (Wildman–Crippen MR) is 112 cm³/mol. The molecule has 28 heavy (non-hydrogen) atoms. The molecule has 3 rings (SSSR count). The van der Waals surface area contributed by atoms with Crippen molar-refractivity contribution in [2.75, 3.05) is 5.32 Å². The van der Waals surface area contributed by atoms with E-state index in [1.807, 2.05) is 54.6 Å². The Morgan fingerprint density at radius 1 is 1.00 bits per heavy atom. The largest absolute Gasteiger partial charge is 0.486 e. The van der Waals surface area contributed by atoms with Crippen LogP contribution >= 0.6 is 12.2 Å². The lowest BCUT2D eigenvalue weighted by Gasteiger charge is -2.11. The minimum atomic E-state index is -0.434. The van der Waals surface area contributed by atoms with Crippen LogP contribution < -0.4 is 20.9 Å². The molecular formula is C21H21N3O3S. The van der Waals surface area contributed by atoms with Crippen LogP contribution in [0.1, 0.15) is 28.8 Å². The summed E-state index contributed by atoms with van der Waals surface area (Å²) in [5.74, 6) is 1.01. The average Bonchev–Trinajstić information content (AvgIpc) is 3.21. The van der Waals surface area contributed by atoms with Crippen LogP contribution in [0.4, 0.5) is 5.69 Å². The van der Waals surface area contributed by atoms with Crippen LogP contribution in [0.25, 0.3) is 0 Å². The van der Waals surface area contributed by atoms with Gasteiger partial charge in [0, 0.05) is 5.69 Å². The quantitative estimate of drug-likeness (QED) is 0.432. The van der Waals surface area contributed by atoms with Crippen LogP contribution in [0.2, 0.25) is 0 Å². The molecule has 1 heterocycles. The number of aryl methyl sites for hydroxylation is 1. The van der Waals surface area contributed by atoms with E-state index in [2.05, 4.69) is 23.1 Å². The lowest BCUT2D eigenvalue weighted by atomic mass is 10.1. The Balaban J connectivity index is 1.45. The van der Waals surface area contributed by atoms with Crippen molar-refractivity contribution in [2.24, 2.45) is 0 Å². The highest BCUT2D eigenvalue weighted by Gasteiger charge is 2.12. The maximum Gasteiger partial charge on any atom is 0.305 e. The van der Waals surface area contributed by atoms with Gasteiger partial charge >= 0.3 is 5.91 Å². The number of hydrogen-bond donors (Lipinski definition) is 3. The van der Waals surface area contributed by atoms with Gasteiger partial charge in [-0.2, -0.15) is 0 Å². The molecule has 1 aromatic heterocycles. The number of hydrazine groups is 1. The summed E-state index contributed by atoms with van der Waals surface area (Å²) in [5, 5.41) is 3.27. The molecule has 0 saturated heterocycles. The summed E-state index contributed by atoms with van der Waals surface area (Å²) in [7, 11) is 0. The van der Waals surface area contributed by atoms with E-state index in [4.69, 9.17) is 21.4 Å². The highest BCUT2D eigenvalue weighted by atomic mass is 32.1. The highest BCUT2D eigenvalue weighted by Crippen LogP contribution is 2.14. The number of carbonyl (C=O) groups excluding carboxylic acids is 1. The number of thiocarbonyl (C=S) groups is 1. The van der Waals surface area contributed by atoms with Gasteiger partial charge in [-0.15, -0.1) is 0 Å². The van der Waals surface area contributed by atoms with Crippen molar-refractivity contribution >= 4 is 28.9 Å². The molecule has 0 atom stereocenters. The maximum absolute atomic E-state index is 12.2. The van der Waals surface area contributed by atoms with Crippen LogP contribution in [0, 0.1) is 0 Å². The highest BCUT2D eigenvalue weighted by molar-refractivity contribution is 7.80. The zero-order valence-corrected chi connectivity index (χ0v) is 16.2. The van der Waals surface area contributed by atoms with E-state index in [9.17, 15) is 4.79 Å². The van der Waals surface area contributed by atoms with Crippen molar-refractivity contribution in [1.82, 2.24) is 10.9 Å². The van der Waals surface area contributed by atoms with Crippen LogP contribution in [0.15, 0.2) is 71.1 Å². The van der Waals surface area contributed by atoms with E-state index in [1.165, 1.54) is 5.56 Å². The second kappa shape index (κ2) is 9.57. The molecule has 3 N–H and O–H groups in total. The lowest BCUT2D eigenvalue weighted by Crippen LogP contribution is -2.43. The first kappa shape index (κ1) is 19.4. The third kappa shape index (κ3) is 5.59. The summed E-state index contributed by atoms with van der Waals surface area (Å²) in [4.78, 5) is 12.2. The summed E-state index contributed by atoms with van der Waals surface area (Å²) in [5.41, 5.74) is 7.23. The van der Waals surface area contributed by atoms with Gasteiger partial charge in [0.1, 0.15) is 18.1 Å². The molecule has 0 aliphatic heterocycles. The predicted octanol–water partition coefficient (Wildman–Crippen LogP) is 4.05. The Morgan fingerprint density at radius 2 is 1.75 bits per heavy atom. The molecule has 0 bridgehead atoms. The van der Waals surface area contributed by atoms with Crippen LogP contribution in [-0.4, -0.2) is 11.0 Å². The summed E-state index contributed by atoms with van der Waals surface area (Å²) in [6.45, 7) is 2.33. The van der Waals surface area contributed by atoms with Gasteiger partial charge in [-0.3, -0.25) is 15.6 Å². The first-order chi connectivity index (χ1) is 13.6. The van der Waals surface area contributed by atoms with Crippen LogP contribution in [0.5, 0.6) is 5.75 Å². The molecule has 3 aromatic rings. The van der Waals surface area contributed by atoms with Crippen molar-refractivity contribution in [3.05, 3.63) is 83.8 Å². The third-order valence-corrected chi connectivity index (χ3v) is 4.12. The Morgan fingerprint density at radius 3 is 2.46 bits per heavy atom. The molecule has 0 radical (unpaired) electrons. The molecule has 0 saturated carbocycles. The van der Waals surface area contributed by atoms with Gasteiger partial charge in [0.05, 0.1) is 0 Å². The second-order valence-electron chi connectivity index (χ2n) is 5.95. The number of anilines is 1. The van der Waals surface area contributed by atoms with E-state index in [0.29, 0.717) is 5.76 Å². The smallest absolute Gasteiger partial charge is 0.305 e. The number of nitrogens with one attached hydrogen (secondary N) is 3. The summed E-state index contributed by atoms with van der Waals surface area (Å²) in [6.07, 6.45) is 0.973. The van der Waals surface area contributed by atoms with Crippen molar-refractivity contribution in [1.29, 1.82) is 0 Å². The molecule has 2 aromatic carbocycles. The van der Waals surface area contributed by atoms with Gasteiger partial charge in [-0.05, 0) is 60.6 Å². The molecule has 0 aliphatic rings. The molecule has 7 heteroatoms. The fourth-order valence-corrected chi connectivity index (χ4v) is 2.58. The number of carbonyl (C=O) groups is 1. The Bertz CT molecular complexity index is 924. The van der Waals surface area contributed by atoms with Gasteiger partial charge in [0.25, 0.3) is 0 Å². The maximum atomic E-state index is 12.2. The van der Waals surface area contributed by atoms with Crippen molar-refractivity contribution in [3.8, 4) is 5.75 Å². The lowest BCUT2D eigenvalue weighted by molar-refractivity contribution is 0.0912. The Labute approximate surface area is 168 Å². The Kier molecular flexibility index (Phi) is 6.64. The fourth-order valence-electron chi connectivity index (χ4n) is 2.41. The number of benzene rings is 2. The van der Waals surface area contributed by atoms with E-state index in [-0.39, 0.29) is 17.5 Å². The topological polar surface area (TPSA) is 75.5 Å². The third-order valence-electron chi connectivity index (χ3n) is 3.92. The van der Waals surface area contributed by atoms with Crippen LogP contribution in [-0.2, 0) is 13.0 Å². The zero-order valence-electron chi connectivity index (χ0n) is 15.4. The van der Waals surface area contributed by atoms with Crippen molar-refractivity contribution in [2.45, 2.75) is 20.0 Å². The zero-order chi connectivity index (χ0) is 19.8. The van der Waals surface area contributed by atoms with Crippen LogP contribution in [0.3, 0.4) is 0 Å². The molecule has 144 valence electrons. The first-order valence-corrected chi connectivity index (χ1v) is 9.27. The summed E-state index contributed by atoms with van der Waals surface area (Å²) >= 11 is 5.18. The Hall–Kier alpha value is -3.32. The second-order valence-corrected chi connectivity index (χ2v) is 6.36. The summed E-state index contributed by atoms with van der Waals surface area (Å²) < 4.78 is 11.1. The number of ether oxygens (including phenoxy) is 1. The molecule has 0 unspecified atom stereocenters. The number of rotatable bonds is 6. The first-order valence-electron chi connectivity index (χ1n) is 8.87. The van der Waals surface area contributed by atoms with E-state index in [1.54, 1.807) is 12.1 Å². The normalized spacial score (nSPS) is 10.2. The molecule has 1 amide bonds. The standard InChI is InChI=1S/C21H21N3O3S/c1-2-15-8-10-16(11-9-15)22-21(28)24-23-20(25)19-13-12-18(27-19)14-26-17-6-4-3-5-7-17/h3-13H,2,14H2,1H3,(H,23,25)(H2,22,24,28).